The largest absolute Gasteiger partial charge is 0.328 e. The molecule has 0 saturated heterocycles. The molecule has 1 atom stereocenters. The van der Waals surface area contributed by atoms with Crippen molar-refractivity contribution < 1.29 is 0 Å². The van der Waals surface area contributed by atoms with Crippen LogP contribution in [0.15, 0.2) is 0 Å². The second kappa shape index (κ2) is 4.60. The van der Waals surface area contributed by atoms with E-state index in [0.29, 0.717) is 0 Å². The van der Waals surface area contributed by atoms with Crippen LogP contribution in [0.5, 0.6) is 0 Å². The van der Waals surface area contributed by atoms with Crippen LogP contribution < -0.4 is 5.73 Å². The van der Waals surface area contributed by atoms with Crippen molar-refractivity contribution in [2.75, 3.05) is 0 Å². The minimum Gasteiger partial charge on any atom is -0.328 e. The average molecular weight is 198 g/mol. The van der Waals surface area contributed by atoms with Crippen LogP contribution in [0, 0.1) is 5.92 Å². The highest BCUT2D eigenvalue weighted by Gasteiger charge is 2.28. The van der Waals surface area contributed by atoms with Crippen molar-refractivity contribution in [1.29, 1.82) is 0 Å². The lowest BCUT2D eigenvalue weighted by molar-refractivity contribution is 0.307. The van der Waals surface area contributed by atoms with Crippen LogP contribution >= 0.6 is 0 Å². The van der Waals surface area contributed by atoms with E-state index in [1.54, 1.807) is 0 Å². The summed E-state index contributed by atoms with van der Waals surface area (Å²) in [5, 5.41) is 0.159. The van der Waals surface area contributed by atoms with Crippen molar-refractivity contribution in [3.05, 3.63) is 0 Å². The molecule has 1 radical (unpaired) electrons. The fourth-order valence-electron chi connectivity index (χ4n) is 2.20. The summed E-state index contributed by atoms with van der Waals surface area (Å²) >= 11 is 0. The second-order valence-corrected chi connectivity index (χ2v) is 8.27. The van der Waals surface area contributed by atoms with Crippen LogP contribution in [0.25, 0.3) is 0 Å². The lowest BCUT2D eigenvalue weighted by atomic mass is 9.85. The predicted molar refractivity (Wildman–Crippen MR) is 61.3 cm³/mol. The molecule has 1 aliphatic rings. The van der Waals surface area contributed by atoms with Gasteiger partial charge in [-0.15, -0.1) is 0 Å². The smallest absolute Gasteiger partial charge is 0.0658 e. The van der Waals surface area contributed by atoms with Gasteiger partial charge in [0.15, 0.2) is 0 Å². The van der Waals surface area contributed by atoms with Crippen molar-refractivity contribution in [2.45, 2.75) is 63.7 Å². The average Bonchev–Trinajstić information content (AvgIpc) is 2.05. The van der Waals surface area contributed by atoms with E-state index in [2.05, 4.69) is 20.0 Å². The number of rotatable bonds is 3. The van der Waals surface area contributed by atoms with Crippen LogP contribution in [0.4, 0.5) is 0 Å². The number of hydrogen-bond acceptors (Lipinski definition) is 1. The SMILES string of the molecule is C[Si](C)C(C)(N)CC1CCCCC1. The van der Waals surface area contributed by atoms with Crippen molar-refractivity contribution in [3.63, 3.8) is 0 Å². The molecule has 2 N–H and O–H groups in total. The van der Waals surface area contributed by atoms with Crippen LogP contribution in [0.3, 0.4) is 0 Å². The first-order chi connectivity index (χ1) is 6.02. The third-order valence-corrected chi connectivity index (χ3v) is 6.07. The van der Waals surface area contributed by atoms with Gasteiger partial charge in [0.2, 0.25) is 0 Å². The molecule has 2 heteroatoms. The molecule has 0 aromatic rings. The summed E-state index contributed by atoms with van der Waals surface area (Å²) in [5.41, 5.74) is 6.34. The van der Waals surface area contributed by atoms with Gasteiger partial charge in [0.25, 0.3) is 0 Å². The summed E-state index contributed by atoms with van der Waals surface area (Å²) in [6.07, 6.45) is 8.47. The van der Waals surface area contributed by atoms with Gasteiger partial charge in [-0.3, -0.25) is 0 Å². The minimum atomic E-state index is -0.332. The fourth-order valence-corrected chi connectivity index (χ4v) is 2.89. The third kappa shape index (κ3) is 3.43. The van der Waals surface area contributed by atoms with Gasteiger partial charge in [0, 0.05) is 5.16 Å². The Morgan fingerprint density at radius 3 is 2.23 bits per heavy atom. The van der Waals surface area contributed by atoms with Crippen LogP contribution in [-0.4, -0.2) is 14.0 Å². The molecular weight excluding hydrogens is 174 g/mol. The first kappa shape index (κ1) is 11.3. The first-order valence-corrected chi connectivity index (χ1v) is 8.12. The minimum absolute atomic E-state index is 0.159. The molecule has 0 aromatic carbocycles. The van der Waals surface area contributed by atoms with E-state index in [1.165, 1.54) is 38.5 Å². The van der Waals surface area contributed by atoms with Crippen LogP contribution in [0.2, 0.25) is 13.1 Å². The zero-order chi connectivity index (χ0) is 9.90. The van der Waals surface area contributed by atoms with E-state index < -0.39 is 0 Å². The molecule has 1 nitrogen and oxygen atoms in total. The van der Waals surface area contributed by atoms with Crippen molar-refractivity contribution >= 4 is 8.80 Å². The molecule has 0 heterocycles. The van der Waals surface area contributed by atoms with Crippen molar-refractivity contribution in [3.8, 4) is 0 Å². The maximum absolute atomic E-state index is 6.34. The van der Waals surface area contributed by atoms with E-state index in [4.69, 9.17) is 5.73 Å². The predicted octanol–water partition coefficient (Wildman–Crippen LogP) is 2.97. The van der Waals surface area contributed by atoms with E-state index in [1.807, 2.05) is 0 Å². The highest BCUT2D eigenvalue weighted by atomic mass is 28.3. The zero-order valence-corrected chi connectivity index (χ0v) is 10.4. The summed E-state index contributed by atoms with van der Waals surface area (Å²) in [5.74, 6) is 0.934. The van der Waals surface area contributed by atoms with Gasteiger partial charge in [0.05, 0.1) is 8.80 Å². The first-order valence-electron chi connectivity index (χ1n) is 5.62. The van der Waals surface area contributed by atoms with Crippen molar-refractivity contribution in [2.24, 2.45) is 11.7 Å². The van der Waals surface area contributed by atoms with Gasteiger partial charge in [-0.1, -0.05) is 52.1 Å². The summed E-state index contributed by atoms with van der Waals surface area (Å²) in [6.45, 7) is 6.94. The maximum atomic E-state index is 6.34. The fraction of sp³-hybridized carbons (Fsp3) is 1.00. The van der Waals surface area contributed by atoms with Gasteiger partial charge < -0.3 is 5.73 Å². The Labute approximate surface area is 84.7 Å². The normalized spacial score (nSPS) is 24.7. The maximum Gasteiger partial charge on any atom is 0.0658 e. The molecule has 0 bridgehead atoms. The molecule has 0 amide bonds. The Kier molecular flexibility index (Phi) is 3.99. The van der Waals surface area contributed by atoms with Gasteiger partial charge >= 0.3 is 0 Å². The van der Waals surface area contributed by atoms with E-state index in [-0.39, 0.29) is 14.0 Å². The molecule has 1 aliphatic carbocycles. The van der Waals surface area contributed by atoms with Crippen LogP contribution in [0.1, 0.15) is 45.4 Å². The second-order valence-electron chi connectivity index (χ2n) is 5.13. The Morgan fingerprint density at radius 2 is 1.77 bits per heavy atom. The lowest BCUT2D eigenvalue weighted by Crippen LogP contribution is -2.49. The Hall–Kier alpha value is 0.177. The molecule has 0 aromatic heterocycles. The summed E-state index contributed by atoms with van der Waals surface area (Å²) in [4.78, 5) is 0. The van der Waals surface area contributed by atoms with Crippen molar-refractivity contribution in [1.82, 2.24) is 0 Å². The topological polar surface area (TPSA) is 26.0 Å². The molecule has 1 rings (SSSR count). The molecule has 77 valence electrons. The van der Waals surface area contributed by atoms with E-state index in [9.17, 15) is 0 Å². The van der Waals surface area contributed by atoms with Gasteiger partial charge in [-0.2, -0.15) is 0 Å². The quantitative estimate of drug-likeness (QED) is 0.693. The van der Waals surface area contributed by atoms with Gasteiger partial charge in [-0.05, 0) is 12.3 Å². The molecule has 1 saturated carbocycles. The molecule has 0 spiro atoms. The summed E-state index contributed by atoms with van der Waals surface area (Å²) in [7, 11) is -0.332. The van der Waals surface area contributed by atoms with Gasteiger partial charge in [-0.25, -0.2) is 0 Å². The monoisotopic (exact) mass is 198 g/mol. The van der Waals surface area contributed by atoms with E-state index >= 15 is 0 Å². The molecule has 13 heavy (non-hydrogen) atoms. The van der Waals surface area contributed by atoms with E-state index in [0.717, 1.165) is 5.92 Å². The Bertz CT molecular complexity index is 148. The lowest BCUT2D eigenvalue weighted by Gasteiger charge is -2.34. The summed E-state index contributed by atoms with van der Waals surface area (Å²) in [6, 6.07) is 0. The number of nitrogens with two attached hydrogens (primary N) is 1. The highest BCUT2D eigenvalue weighted by Crippen LogP contribution is 2.30. The molecule has 0 aliphatic heterocycles. The molecular formula is C11H24NSi. The molecule has 1 unspecified atom stereocenters. The molecule has 1 fully saturated rings. The van der Waals surface area contributed by atoms with Gasteiger partial charge in [0.1, 0.15) is 0 Å². The standard InChI is InChI=1S/C11H24NSi/c1-11(12,13(2)3)9-10-7-5-4-6-8-10/h10H,4-9,12H2,1-3H3. The zero-order valence-electron chi connectivity index (χ0n) is 9.40. The Balaban J connectivity index is 2.37. The number of hydrogen-bond donors (Lipinski definition) is 1. The summed E-state index contributed by atoms with van der Waals surface area (Å²) < 4.78 is 0. The highest BCUT2D eigenvalue weighted by molar-refractivity contribution is 6.59. The van der Waals surface area contributed by atoms with Crippen LogP contribution in [-0.2, 0) is 0 Å². The third-order valence-electron chi connectivity index (χ3n) is 3.58. The Morgan fingerprint density at radius 1 is 1.23 bits per heavy atom.